The quantitative estimate of drug-likeness (QED) is 0.673. The molecule has 1 unspecified atom stereocenters. The Morgan fingerprint density at radius 1 is 1.03 bits per heavy atom. The van der Waals surface area contributed by atoms with Gasteiger partial charge in [0.2, 0.25) is 0 Å². The SMILES string of the molecule is Cc1cnc(C(=O)N2CCCCC2c2ncc(C(=O)Nc3ccc(F)cc3)c(C)n2)cn1. The molecule has 0 radical (unpaired) electrons. The molecule has 4 rings (SSSR count). The van der Waals surface area contributed by atoms with Crippen LogP contribution in [0.25, 0.3) is 0 Å². The summed E-state index contributed by atoms with van der Waals surface area (Å²) in [7, 11) is 0. The van der Waals surface area contributed by atoms with E-state index in [0.29, 0.717) is 29.3 Å². The van der Waals surface area contributed by atoms with Crippen LogP contribution in [0.3, 0.4) is 0 Å². The van der Waals surface area contributed by atoms with Gasteiger partial charge in [-0.3, -0.25) is 14.6 Å². The maximum atomic E-state index is 13.1. The van der Waals surface area contributed by atoms with E-state index in [1.54, 1.807) is 18.0 Å². The summed E-state index contributed by atoms with van der Waals surface area (Å²) in [6, 6.07) is 5.21. The van der Waals surface area contributed by atoms with E-state index in [-0.39, 0.29) is 29.4 Å². The zero-order chi connectivity index (χ0) is 22.7. The molecule has 1 fully saturated rings. The Morgan fingerprint density at radius 3 is 2.50 bits per heavy atom. The molecule has 1 N–H and O–H groups in total. The number of aromatic nitrogens is 4. The molecule has 1 saturated heterocycles. The number of carbonyl (C=O) groups excluding carboxylic acids is 2. The minimum atomic E-state index is -0.382. The number of benzene rings is 1. The summed E-state index contributed by atoms with van der Waals surface area (Å²) >= 11 is 0. The second kappa shape index (κ2) is 9.17. The lowest BCUT2D eigenvalue weighted by Gasteiger charge is -2.34. The zero-order valence-corrected chi connectivity index (χ0v) is 17.9. The Labute approximate surface area is 185 Å². The van der Waals surface area contributed by atoms with Crippen LogP contribution in [-0.4, -0.2) is 43.2 Å². The highest BCUT2D eigenvalue weighted by Gasteiger charge is 2.32. The maximum absolute atomic E-state index is 13.1. The van der Waals surface area contributed by atoms with Crippen LogP contribution in [0.1, 0.15) is 63.4 Å². The molecule has 1 aliphatic heterocycles. The van der Waals surface area contributed by atoms with E-state index < -0.39 is 0 Å². The van der Waals surface area contributed by atoms with E-state index >= 15 is 0 Å². The van der Waals surface area contributed by atoms with Crippen molar-refractivity contribution in [3.05, 3.63) is 77.1 Å². The first-order chi connectivity index (χ1) is 15.4. The maximum Gasteiger partial charge on any atom is 0.274 e. The Kier molecular flexibility index (Phi) is 6.16. The highest BCUT2D eigenvalue weighted by atomic mass is 19.1. The van der Waals surface area contributed by atoms with Crippen molar-refractivity contribution in [1.29, 1.82) is 0 Å². The summed E-state index contributed by atoms with van der Waals surface area (Å²) in [6.45, 7) is 4.12. The predicted octanol–water partition coefficient (Wildman–Crippen LogP) is 3.64. The number of piperidine rings is 1. The third-order valence-corrected chi connectivity index (χ3v) is 5.41. The van der Waals surface area contributed by atoms with Crippen molar-refractivity contribution in [3.63, 3.8) is 0 Å². The molecule has 0 spiro atoms. The predicted molar refractivity (Wildman–Crippen MR) is 116 cm³/mol. The first-order valence-corrected chi connectivity index (χ1v) is 10.4. The summed E-state index contributed by atoms with van der Waals surface area (Å²) in [5.74, 6) is -0.474. The van der Waals surface area contributed by atoms with Gasteiger partial charge in [0.1, 0.15) is 11.5 Å². The largest absolute Gasteiger partial charge is 0.327 e. The number of nitrogens with one attached hydrogen (secondary N) is 1. The van der Waals surface area contributed by atoms with Gasteiger partial charge in [0, 0.05) is 24.6 Å². The molecule has 1 aliphatic rings. The van der Waals surface area contributed by atoms with E-state index in [1.807, 2.05) is 6.92 Å². The first-order valence-electron chi connectivity index (χ1n) is 10.4. The number of aryl methyl sites for hydroxylation is 2. The monoisotopic (exact) mass is 434 g/mol. The van der Waals surface area contributed by atoms with Gasteiger partial charge < -0.3 is 10.2 Å². The Hall–Kier alpha value is -3.75. The number of halogens is 1. The van der Waals surface area contributed by atoms with Gasteiger partial charge in [-0.2, -0.15) is 0 Å². The third-order valence-electron chi connectivity index (χ3n) is 5.41. The van der Waals surface area contributed by atoms with Gasteiger partial charge >= 0.3 is 0 Å². The number of likely N-dealkylation sites (tertiary alicyclic amines) is 1. The van der Waals surface area contributed by atoms with Crippen LogP contribution in [0, 0.1) is 19.7 Å². The molecule has 8 nitrogen and oxygen atoms in total. The van der Waals surface area contributed by atoms with Crippen LogP contribution in [-0.2, 0) is 0 Å². The van der Waals surface area contributed by atoms with Crippen LogP contribution in [0.2, 0.25) is 0 Å². The molecule has 0 aliphatic carbocycles. The van der Waals surface area contributed by atoms with Gasteiger partial charge in [-0.05, 0) is 57.4 Å². The third kappa shape index (κ3) is 4.61. The minimum absolute atomic E-state index is 0.207. The van der Waals surface area contributed by atoms with Crippen molar-refractivity contribution >= 4 is 17.5 Å². The van der Waals surface area contributed by atoms with Gasteiger partial charge in [0.25, 0.3) is 11.8 Å². The lowest BCUT2D eigenvalue weighted by Crippen LogP contribution is -2.39. The van der Waals surface area contributed by atoms with Crippen LogP contribution in [0.4, 0.5) is 10.1 Å². The standard InChI is InChI=1S/C23H23FN6O2/c1-14-11-26-19(13-25-14)23(32)30-10-4-3-5-20(30)21-27-12-18(15(2)28-21)22(31)29-17-8-6-16(24)7-9-17/h6-9,11-13,20H,3-5,10H2,1-2H3,(H,29,31). The summed E-state index contributed by atoms with van der Waals surface area (Å²) in [4.78, 5) is 44.8. The first kappa shape index (κ1) is 21.5. The highest BCUT2D eigenvalue weighted by Crippen LogP contribution is 2.30. The fraction of sp³-hybridized carbons (Fsp3) is 0.304. The minimum Gasteiger partial charge on any atom is -0.327 e. The fourth-order valence-corrected chi connectivity index (χ4v) is 3.69. The summed E-state index contributed by atoms with van der Waals surface area (Å²) in [6.07, 6.45) is 7.09. The van der Waals surface area contributed by atoms with E-state index in [2.05, 4.69) is 25.3 Å². The Balaban J connectivity index is 1.54. The number of amides is 2. The van der Waals surface area contributed by atoms with Gasteiger partial charge in [0.15, 0.2) is 5.82 Å². The van der Waals surface area contributed by atoms with Crippen molar-refractivity contribution in [2.24, 2.45) is 0 Å². The molecular formula is C23H23FN6O2. The highest BCUT2D eigenvalue weighted by molar-refractivity contribution is 6.04. The molecule has 9 heteroatoms. The molecule has 2 amide bonds. The van der Waals surface area contributed by atoms with Crippen molar-refractivity contribution in [2.45, 2.75) is 39.2 Å². The summed E-state index contributed by atoms with van der Waals surface area (Å²) in [5, 5.41) is 2.71. The van der Waals surface area contributed by atoms with Crippen molar-refractivity contribution < 1.29 is 14.0 Å². The molecule has 3 aromatic rings. The molecular weight excluding hydrogens is 411 g/mol. The molecule has 164 valence electrons. The molecule has 3 heterocycles. The lowest BCUT2D eigenvalue weighted by atomic mass is 10.0. The van der Waals surface area contributed by atoms with E-state index in [0.717, 1.165) is 25.0 Å². The van der Waals surface area contributed by atoms with Gasteiger partial charge in [0.05, 0.1) is 29.2 Å². The van der Waals surface area contributed by atoms with Gasteiger partial charge in [-0.25, -0.2) is 19.3 Å². The van der Waals surface area contributed by atoms with Crippen LogP contribution < -0.4 is 5.32 Å². The Bertz CT molecular complexity index is 1130. The van der Waals surface area contributed by atoms with E-state index in [9.17, 15) is 14.0 Å². The molecule has 0 bridgehead atoms. The number of nitrogens with zero attached hydrogens (tertiary/aromatic N) is 5. The van der Waals surface area contributed by atoms with E-state index in [4.69, 9.17) is 0 Å². The van der Waals surface area contributed by atoms with Crippen LogP contribution >= 0.6 is 0 Å². The number of hydrogen-bond acceptors (Lipinski definition) is 6. The average molecular weight is 434 g/mol. The normalized spacial score (nSPS) is 16.0. The lowest BCUT2D eigenvalue weighted by molar-refractivity contribution is 0.0592. The molecule has 32 heavy (non-hydrogen) atoms. The smallest absolute Gasteiger partial charge is 0.274 e. The topological polar surface area (TPSA) is 101 Å². The second-order valence-corrected chi connectivity index (χ2v) is 7.74. The van der Waals surface area contributed by atoms with Gasteiger partial charge in [-0.1, -0.05) is 0 Å². The van der Waals surface area contributed by atoms with E-state index in [1.165, 1.54) is 36.7 Å². The zero-order valence-electron chi connectivity index (χ0n) is 17.9. The number of carbonyl (C=O) groups is 2. The summed E-state index contributed by atoms with van der Waals surface area (Å²) in [5.41, 5.74) is 2.32. The summed E-state index contributed by atoms with van der Waals surface area (Å²) < 4.78 is 13.1. The van der Waals surface area contributed by atoms with Crippen molar-refractivity contribution in [3.8, 4) is 0 Å². The van der Waals surface area contributed by atoms with Crippen LogP contribution in [0.15, 0.2) is 42.9 Å². The molecule has 2 aromatic heterocycles. The Morgan fingerprint density at radius 2 is 1.81 bits per heavy atom. The van der Waals surface area contributed by atoms with Crippen molar-refractivity contribution in [1.82, 2.24) is 24.8 Å². The van der Waals surface area contributed by atoms with Gasteiger partial charge in [-0.15, -0.1) is 0 Å². The van der Waals surface area contributed by atoms with Crippen LogP contribution in [0.5, 0.6) is 0 Å². The average Bonchev–Trinajstić information content (AvgIpc) is 2.80. The van der Waals surface area contributed by atoms with Crippen molar-refractivity contribution in [2.75, 3.05) is 11.9 Å². The number of anilines is 1. The molecule has 0 saturated carbocycles. The number of rotatable bonds is 4. The second-order valence-electron chi connectivity index (χ2n) is 7.74. The fourth-order valence-electron chi connectivity index (χ4n) is 3.69. The molecule has 1 atom stereocenters. The number of hydrogen-bond donors (Lipinski definition) is 1. The molecule has 1 aromatic carbocycles.